The fourth-order valence-electron chi connectivity index (χ4n) is 2.39. The number of nitrogens with zero attached hydrogens (tertiary/aromatic N) is 4. The second kappa shape index (κ2) is 7.67. The van der Waals surface area contributed by atoms with Gasteiger partial charge < -0.3 is 4.74 Å². The van der Waals surface area contributed by atoms with Crippen LogP contribution in [-0.2, 0) is 11.3 Å². The Morgan fingerprint density at radius 1 is 1.10 bits per heavy atom. The van der Waals surface area contributed by atoms with Gasteiger partial charge in [0.2, 0.25) is 0 Å². The van der Waals surface area contributed by atoms with Gasteiger partial charge in [0, 0.05) is 70.3 Å². The van der Waals surface area contributed by atoms with Crippen molar-refractivity contribution < 1.29 is 4.74 Å². The molecule has 5 heteroatoms. The first-order valence-corrected chi connectivity index (χ1v) is 7.43. The summed E-state index contributed by atoms with van der Waals surface area (Å²) in [6, 6.07) is 0. The van der Waals surface area contributed by atoms with Crippen LogP contribution < -0.4 is 0 Å². The number of aromatic nitrogens is 2. The van der Waals surface area contributed by atoms with Crippen molar-refractivity contribution in [2.75, 3.05) is 46.4 Å². The van der Waals surface area contributed by atoms with Gasteiger partial charge >= 0.3 is 0 Å². The van der Waals surface area contributed by atoms with Crippen LogP contribution in [0, 0.1) is 0 Å². The van der Waals surface area contributed by atoms with Gasteiger partial charge in [-0.1, -0.05) is 13.8 Å². The molecule has 5 nitrogen and oxygen atoms in total. The highest BCUT2D eigenvalue weighted by Gasteiger charge is 2.16. The van der Waals surface area contributed by atoms with Crippen LogP contribution >= 0.6 is 0 Å². The quantitative estimate of drug-likeness (QED) is 0.786. The van der Waals surface area contributed by atoms with E-state index in [2.05, 4.69) is 33.6 Å². The SMILES string of the molecule is COCCN1CCN(Cc2cnc(C(C)C)nc2)CC1. The first kappa shape index (κ1) is 15.4. The lowest BCUT2D eigenvalue weighted by Gasteiger charge is -2.34. The summed E-state index contributed by atoms with van der Waals surface area (Å²) in [6.45, 7) is 11.5. The molecule has 20 heavy (non-hydrogen) atoms. The fourth-order valence-corrected chi connectivity index (χ4v) is 2.39. The van der Waals surface area contributed by atoms with Gasteiger partial charge in [-0.2, -0.15) is 0 Å². The molecule has 2 heterocycles. The van der Waals surface area contributed by atoms with Crippen molar-refractivity contribution in [3.05, 3.63) is 23.8 Å². The summed E-state index contributed by atoms with van der Waals surface area (Å²) in [4.78, 5) is 13.8. The summed E-state index contributed by atoms with van der Waals surface area (Å²) in [7, 11) is 1.76. The topological polar surface area (TPSA) is 41.5 Å². The predicted molar refractivity (Wildman–Crippen MR) is 79.7 cm³/mol. The number of hydrogen-bond donors (Lipinski definition) is 0. The largest absolute Gasteiger partial charge is 0.383 e. The van der Waals surface area contributed by atoms with Crippen LogP contribution in [-0.4, -0.2) is 66.2 Å². The number of methoxy groups -OCH3 is 1. The lowest BCUT2D eigenvalue weighted by atomic mass is 10.2. The second-order valence-corrected chi connectivity index (χ2v) is 5.71. The summed E-state index contributed by atoms with van der Waals surface area (Å²) in [5, 5.41) is 0. The Hall–Kier alpha value is -1.04. The highest BCUT2D eigenvalue weighted by atomic mass is 16.5. The van der Waals surface area contributed by atoms with Crippen LogP contribution in [0.15, 0.2) is 12.4 Å². The summed E-state index contributed by atoms with van der Waals surface area (Å²) in [5.74, 6) is 1.33. The van der Waals surface area contributed by atoms with Crippen LogP contribution in [0.25, 0.3) is 0 Å². The second-order valence-electron chi connectivity index (χ2n) is 5.71. The van der Waals surface area contributed by atoms with E-state index in [4.69, 9.17) is 4.74 Å². The number of rotatable bonds is 6. The average Bonchev–Trinajstić information content (AvgIpc) is 2.47. The molecule has 0 unspecified atom stereocenters. The minimum Gasteiger partial charge on any atom is -0.383 e. The molecule has 0 spiro atoms. The molecular weight excluding hydrogens is 252 g/mol. The molecule has 0 atom stereocenters. The standard InChI is InChI=1S/C15H26N4O/c1-13(2)15-16-10-14(11-17-15)12-19-6-4-18(5-7-19)8-9-20-3/h10-11,13H,4-9,12H2,1-3H3. The van der Waals surface area contributed by atoms with E-state index in [9.17, 15) is 0 Å². The molecule has 0 radical (unpaired) electrons. The summed E-state index contributed by atoms with van der Waals surface area (Å²) < 4.78 is 5.13. The van der Waals surface area contributed by atoms with Crippen LogP contribution in [0.2, 0.25) is 0 Å². The van der Waals surface area contributed by atoms with Gasteiger partial charge in [-0.25, -0.2) is 9.97 Å². The molecule has 0 aromatic carbocycles. The fraction of sp³-hybridized carbons (Fsp3) is 0.733. The van der Waals surface area contributed by atoms with E-state index in [0.29, 0.717) is 5.92 Å². The molecule has 2 rings (SSSR count). The Morgan fingerprint density at radius 2 is 1.70 bits per heavy atom. The molecule has 1 aliphatic rings. The maximum absolute atomic E-state index is 5.13. The Kier molecular flexibility index (Phi) is 5.88. The molecule has 1 aliphatic heterocycles. The maximum atomic E-state index is 5.13. The predicted octanol–water partition coefficient (Wildman–Crippen LogP) is 1.36. The summed E-state index contributed by atoms with van der Waals surface area (Å²) >= 11 is 0. The molecule has 0 bridgehead atoms. The minimum atomic E-state index is 0.397. The summed E-state index contributed by atoms with van der Waals surface area (Å²) in [5.41, 5.74) is 1.21. The van der Waals surface area contributed by atoms with Crippen molar-refractivity contribution in [3.63, 3.8) is 0 Å². The van der Waals surface area contributed by atoms with E-state index < -0.39 is 0 Å². The highest BCUT2D eigenvalue weighted by molar-refractivity contribution is 5.06. The van der Waals surface area contributed by atoms with Gasteiger partial charge in [-0.15, -0.1) is 0 Å². The third kappa shape index (κ3) is 4.51. The van der Waals surface area contributed by atoms with Crippen molar-refractivity contribution in [1.29, 1.82) is 0 Å². The van der Waals surface area contributed by atoms with E-state index >= 15 is 0 Å². The summed E-state index contributed by atoms with van der Waals surface area (Å²) in [6.07, 6.45) is 3.94. The molecular formula is C15H26N4O. The van der Waals surface area contributed by atoms with Gasteiger partial charge in [0.05, 0.1) is 6.61 Å². The first-order chi connectivity index (χ1) is 9.69. The van der Waals surface area contributed by atoms with Crippen LogP contribution in [0.5, 0.6) is 0 Å². The lowest BCUT2D eigenvalue weighted by molar-refractivity contribution is 0.0937. The Bertz CT molecular complexity index is 385. The van der Waals surface area contributed by atoms with Gasteiger partial charge in [0.25, 0.3) is 0 Å². The lowest BCUT2D eigenvalue weighted by Crippen LogP contribution is -2.46. The van der Waals surface area contributed by atoms with E-state index in [-0.39, 0.29) is 0 Å². The highest BCUT2D eigenvalue weighted by Crippen LogP contribution is 2.10. The molecule has 1 aromatic rings. The molecule has 0 amide bonds. The number of ether oxygens (including phenoxy) is 1. The molecule has 0 saturated carbocycles. The molecule has 1 saturated heterocycles. The Labute approximate surface area is 122 Å². The molecule has 1 aromatic heterocycles. The first-order valence-electron chi connectivity index (χ1n) is 7.43. The third-order valence-electron chi connectivity index (χ3n) is 3.72. The maximum Gasteiger partial charge on any atom is 0.130 e. The van der Waals surface area contributed by atoms with Crippen molar-refractivity contribution >= 4 is 0 Å². The average molecular weight is 278 g/mol. The Balaban J connectivity index is 1.77. The van der Waals surface area contributed by atoms with Gasteiger partial charge in [0.1, 0.15) is 5.82 Å². The zero-order valence-electron chi connectivity index (χ0n) is 12.9. The molecule has 112 valence electrons. The monoisotopic (exact) mass is 278 g/mol. The van der Waals surface area contributed by atoms with E-state index in [1.165, 1.54) is 5.56 Å². The zero-order valence-corrected chi connectivity index (χ0v) is 12.9. The van der Waals surface area contributed by atoms with E-state index in [0.717, 1.165) is 51.7 Å². The van der Waals surface area contributed by atoms with E-state index in [1.807, 2.05) is 12.4 Å². The zero-order chi connectivity index (χ0) is 14.4. The van der Waals surface area contributed by atoms with Crippen LogP contribution in [0.4, 0.5) is 0 Å². The normalized spacial score (nSPS) is 17.8. The van der Waals surface area contributed by atoms with Crippen molar-refractivity contribution in [3.8, 4) is 0 Å². The van der Waals surface area contributed by atoms with Crippen LogP contribution in [0.3, 0.4) is 0 Å². The molecule has 1 fully saturated rings. The van der Waals surface area contributed by atoms with E-state index in [1.54, 1.807) is 7.11 Å². The number of piperazine rings is 1. The molecule has 0 aliphatic carbocycles. The van der Waals surface area contributed by atoms with Crippen molar-refractivity contribution in [2.45, 2.75) is 26.3 Å². The third-order valence-corrected chi connectivity index (χ3v) is 3.72. The Morgan fingerprint density at radius 3 is 2.25 bits per heavy atom. The minimum absolute atomic E-state index is 0.397. The van der Waals surface area contributed by atoms with Crippen LogP contribution in [0.1, 0.15) is 31.2 Å². The van der Waals surface area contributed by atoms with Crippen molar-refractivity contribution in [1.82, 2.24) is 19.8 Å². The van der Waals surface area contributed by atoms with Gasteiger partial charge in [-0.3, -0.25) is 9.80 Å². The van der Waals surface area contributed by atoms with Gasteiger partial charge in [-0.05, 0) is 0 Å². The van der Waals surface area contributed by atoms with Crippen molar-refractivity contribution in [2.24, 2.45) is 0 Å². The molecule has 0 N–H and O–H groups in total. The van der Waals surface area contributed by atoms with Gasteiger partial charge in [0.15, 0.2) is 0 Å². The number of hydrogen-bond acceptors (Lipinski definition) is 5. The smallest absolute Gasteiger partial charge is 0.130 e.